The molecule has 0 bridgehead atoms. The molecule has 0 saturated carbocycles. The molecule has 0 radical (unpaired) electrons. The van der Waals surface area contributed by atoms with E-state index in [1.807, 2.05) is 0 Å². The number of fused-ring (bicyclic) bond motifs is 10. The Balaban J connectivity index is 0.692. The largest absolute Gasteiger partial charge is 0.411 e. The summed E-state index contributed by atoms with van der Waals surface area (Å²) in [6, 6.07) is 21.7. The zero-order chi connectivity index (χ0) is 61.5. The quantitative estimate of drug-likeness (QED) is 0.175. The summed E-state index contributed by atoms with van der Waals surface area (Å²) in [7, 11) is -5.09. The molecule has 11 aliphatic heterocycles. The first kappa shape index (κ1) is 63.3. The van der Waals surface area contributed by atoms with Crippen molar-refractivity contribution >= 4 is 27.0 Å². The molecular weight excluding hydrogens is 1130 g/mol. The van der Waals surface area contributed by atoms with Crippen molar-refractivity contribution in [3.8, 4) is 0 Å². The number of hydrogen-bond donors (Lipinski definition) is 0. The molecule has 2 aromatic rings. The molecule has 11 aliphatic rings. The van der Waals surface area contributed by atoms with E-state index in [2.05, 4.69) is 182 Å². The molecule has 11 heterocycles. The maximum absolute atomic E-state index is 7.57. The third kappa shape index (κ3) is 11.4. The lowest BCUT2D eigenvalue weighted by Crippen LogP contribution is -2.70. The van der Waals surface area contributed by atoms with Crippen LogP contribution in [-0.4, -0.2) is 162 Å². The molecule has 0 amide bonds. The lowest BCUT2D eigenvalue weighted by atomic mass is 9.72. The molecule has 0 unspecified atom stereocenters. The van der Waals surface area contributed by atoms with Crippen molar-refractivity contribution in [2.24, 2.45) is 5.92 Å². The van der Waals surface area contributed by atoms with Gasteiger partial charge in [-0.15, -0.1) is 0 Å². The van der Waals surface area contributed by atoms with Gasteiger partial charge in [-0.3, -0.25) is 0 Å². The summed E-state index contributed by atoms with van der Waals surface area (Å²) in [5.74, 6) is 0.223. The highest BCUT2D eigenvalue weighted by molar-refractivity contribution is 6.99. The van der Waals surface area contributed by atoms with E-state index in [0.717, 1.165) is 44.1 Å². The fraction of sp³-hybridized carbons (Fsp3) is 0.750. The number of hydrogen-bond acceptors (Lipinski definition) is 13. The molecule has 0 aliphatic carbocycles. The minimum atomic E-state index is -2.79. The number of ether oxygens (including phenoxy) is 11. The summed E-state index contributed by atoms with van der Waals surface area (Å²) >= 11 is 0. The van der Waals surface area contributed by atoms with Gasteiger partial charge in [0.05, 0.1) is 127 Å². The normalized spacial score (nSPS) is 45.9. The van der Waals surface area contributed by atoms with Gasteiger partial charge in [-0.2, -0.15) is 0 Å². The number of benzene rings is 2. The highest BCUT2D eigenvalue weighted by atomic mass is 28.4. The molecule has 13 rings (SSSR count). The Morgan fingerprint density at radius 3 is 2.00 bits per heavy atom. The van der Waals surface area contributed by atoms with Gasteiger partial charge in [0.2, 0.25) is 0 Å². The maximum atomic E-state index is 7.57. The third-order valence-electron chi connectivity index (χ3n) is 23.9. The second-order valence-corrected chi connectivity index (χ2v) is 41.5. The molecular formula is C72H106O13Si2. The SMILES string of the molecule is C=C(CO[Si](c1ccccc1)(c1ccccc1)C(C)(C)C)C[C@@H]1C[C@H](O[Si](C)(C)C(C)(C)C)[C@]2(C)O[C@@H]3C[C@@H]4O[C@@H]5C[C@]6(C)O[C@]7(C)CC[C@@H]8O[C@@H]9C[C@]%10(C)O[C@@H]%11C(C)=CCO[C@H]%11C[C@H]%10O[C@H]9C[C@@H](C)[C@H]8O[C@H]7C[C@H]6O[C@@]5(C)C/C=C\[C@H]4O[C@H]3C[C@H]2O1. The second-order valence-electron chi connectivity index (χ2n) is 32.4. The van der Waals surface area contributed by atoms with Crippen LogP contribution in [0.3, 0.4) is 0 Å². The van der Waals surface area contributed by atoms with E-state index in [-0.39, 0.29) is 120 Å². The lowest BCUT2D eigenvalue weighted by Gasteiger charge is -2.61. The van der Waals surface area contributed by atoms with E-state index in [1.165, 1.54) is 15.9 Å². The van der Waals surface area contributed by atoms with Crippen LogP contribution < -0.4 is 10.4 Å². The van der Waals surface area contributed by atoms with Crippen LogP contribution in [0.5, 0.6) is 0 Å². The van der Waals surface area contributed by atoms with Gasteiger partial charge in [-0.05, 0) is 119 Å². The summed E-state index contributed by atoms with van der Waals surface area (Å²) in [5, 5.41) is 2.36. The van der Waals surface area contributed by atoms with Crippen molar-refractivity contribution in [1.82, 2.24) is 0 Å². The topological polar surface area (TPSA) is 120 Å². The van der Waals surface area contributed by atoms with Crippen molar-refractivity contribution in [2.75, 3.05) is 13.2 Å². The van der Waals surface area contributed by atoms with Crippen molar-refractivity contribution in [1.29, 1.82) is 0 Å². The van der Waals surface area contributed by atoms with Crippen LogP contribution in [0, 0.1) is 5.92 Å². The molecule has 9 fully saturated rings. The Morgan fingerprint density at radius 1 is 0.621 bits per heavy atom. The zero-order valence-corrected chi connectivity index (χ0v) is 57.3. The maximum Gasteiger partial charge on any atom is 0.261 e. The fourth-order valence-electron chi connectivity index (χ4n) is 17.7. The minimum Gasteiger partial charge on any atom is -0.411 e. The highest BCUT2D eigenvalue weighted by Gasteiger charge is 2.65. The summed E-state index contributed by atoms with van der Waals surface area (Å²) in [6.07, 6.45) is 13.2. The molecule has 0 aromatic heterocycles. The molecule has 2 aromatic carbocycles. The van der Waals surface area contributed by atoms with Crippen LogP contribution in [0.25, 0.3) is 0 Å². The van der Waals surface area contributed by atoms with Gasteiger partial charge in [-0.1, -0.05) is 140 Å². The van der Waals surface area contributed by atoms with Crippen LogP contribution >= 0.6 is 0 Å². The van der Waals surface area contributed by atoms with E-state index in [4.69, 9.17) is 67.5 Å². The van der Waals surface area contributed by atoms with Crippen molar-refractivity contribution in [3.63, 3.8) is 0 Å². The molecule has 23 atom stereocenters. The zero-order valence-electron chi connectivity index (χ0n) is 55.3. The predicted octanol–water partition coefficient (Wildman–Crippen LogP) is 12.4. The van der Waals surface area contributed by atoms with E-state index in [1.54, 1.807) is 0 Å². The summed E-state index contributed by atoms with van der Waals surface area (Å²) in [6.45, 7) is 40.2. The predicted molar refractivity (Wildman–Crippen MR) is 342 cm³/mol. The molecule has 87 heavy (non-hydrogen) atoms. The molecule has 13 nitrogen and oxygen atoms in total. The lowest BCUT2D eigenvalue weighted by molar-refractivity contribution is -0.356. The molecule has 15 heteroatoms. The first-order valence-corrected chi connectivity index (χ1v) is 38.5. The molecule has 0 N–H and O–H groups in total. The van der Waals surface area contributed by atoms with Gasteiger partial charge in [-0.25, -0.2) is 0 Å². The monoisotopic (exact) mass is 1230 g/mol. The average Bonchev–Trinajstić information content (AvgIpc) is 1.58. The van der Waals surface area contributed by atoms with Crippen LogP contribution in [-0.2, 0) is 61.0 Å². The molecule has 480 valence electrons. The molecule has 9 saturated heterocycles. The standard InChI is InChI=1S/C72H106O13Si2/c1-44(43-74-87(67(7,8)9,48-24-19-17-20-25-48)49-26-21-18-22-27-49)34-47-36-62(84-86(15,16)66(4,5)6)72(14)61(75-47)38-54-55(81-72)37-53-50(76-54)28-23-31-68(10)63(79-53)42-71(13)60(82-68)40-59-69(11,85-71)32-29-51-64(80-59)46(3)35-52-57(77-51)41-70(12)58(78-52)39-56-65(83-70)45(2)30-33-73-56/h17-28,30,46-47,50-65H,1,29,31-43H2,2-16H3/b28-23-/t46-,47-,50-,51+,52+,53+,54+,55-,56+,57-,58-,59+,60-,61-,62+,63-,64-,65-,68+,69-,70+,71+,72-/m1/s1. The Labute approximate surface area is 523 Å². The van der Waals surface area contributed by atoms with Crippen LogP contribution in [0.2, 0.25) is 23.2 Å². The fourth-order valence-corrected chi connectivity index (χ4v) is 23.7. The first-order chi connectivity index (χ1) is 41.0. The number of rotatable bonds is 9. The van der Waals surface area contributed by atoms with E-state index in [9.17, 15) is 0 Å². The molecule has 0 spiro atoms. The Morgan fingerprint density at radius 2 is 1.30 bits per heavy atom. The van der Waals surface area contributed by atoms with Gasteiger partial charge in [0.15, 0.2) is 8.32 Å². The minimum absolute atomic E-state index is 0.00753. The van der Waals surface area contributed by atoms with Gasteiger partial charge in [0.1, 0.15) is 17.8 Å². The third-order valence-corrected chi connectivity index (χ3v) is 33.3. The van der Waals surface area contributed by atoms with Crippen molar-refractivity contribution < 1.29 is 61.0 Å². The summed E-state index contributed by atoms with van der Waals surface area (Å²) in [4.78, 5) is 0. The van der Waals surface area contributed by atoms with Crippen LogP contribution in [0.4, 0.5) is 0 Å². The van der Waals surface area contributed by atoms with Crippen LogP contribution in [0.1, 0.15) is 167 Å². The van der Waals surface area contributed by atoms with Gasteiger partial charge >= 0.3 is 0 Å². The van der Waals surface area contributed by atoms with E-state index < -0.39 is 44.6 Å². The second kappa shape index (κ2) is 23.0. The smallest absolute Gasteiger partial charge is 0.261 e. The van der Waals surface area contributed by atoms with E-state index in [0.29, 0.717) is 51.7 Å². The van der Waals surface area contributed by atoms with Gasteiger partial charge < -0.3 is 61.0 Å². The van der Waals surface area contributed by atoms with E-state index >= 15 is 0 Å². The Bertz CT molecular complexity index is 2830. The summed E-state index contributed by atoms with van der Waals surface area (Å²) in [5.41, 5.74) is -0.669. The average molecular weight is 1240 g/mol. The van der Waals surface area contributed by atoms with Crippen LogP contribution in [0.15, 0.2) is 96.6 Å². The Kier molecular flexibility index (Phi) is 16.7. The van der Waals surface area contributed by atoms with Gasteiger partial charge in [0, 0.05) is 44.9 Å². The van der Waals surface area contributed by atoms with Gasteiger partial charge in [0.25, 0.3) is 8.32 Å². The summed E-state index contributed by atoms with van der Waals surface area (Å²) < 4.78 is 94.4. The van der Waals surface area contributed by atoms with Crippen molar-refractivity contribution in [3.05, 3.63) is 96.6 Å². The highest BCUT2D eigenvalue weighted by Crippen LogP contribution is 2.56. The first-order valence-electron chi connectivity index (χ1n) is 33.7. The Hall–Kier alpha value is -2.43. The van der Waals surface area contributed by atoms with Crippen molar-refractivity contribution in [2.45, 2.75) is 322 Å².